The minimum absolute atomic E-state index is 0.0537. The molecular weight excluding hydrogens is 373 g/mol. The van der Waals surface area contributed by atoms with E-state index in [1.807, 2.05) is 0 Å². The van der Waals surface area contributed by atoms with Gasteiger partial charge in [0.1, 0.15) is 17.3 Å². The van der Waals surface area contributed by atoms with E-state index in [-0.39, 0.29) is 34.2 Å². The molecule has 0 aliphatic carbocycles. The van der Waals surface area contributed by atoms with Crippen molar-refractivity contribution >= 4 is 33.5 Å². The highest BCUT2D eigenvalue weighted by atomic mass is 35.5. The van der Waals surface area contributed by atoms with Crippen LogP contribution < -0.4 is 0 Å². The second-order valence-corrected chi connectivity index (χ2v) is 7.38. The first-order valence-corrected chi connectivity index (χ1v) is 8.92. The molecule has 0 aromatic heterocycles. The molecule has 0 fully saturated rings. The summed E-state index contributed by atoms with van der Waals surface area (Å²) in [6.45, 7) is -0.689. The van der Waals surface area contributed by atoms with Crippen molar-refractivity contribution in [2.75, 3.05) is 13.2 Å². The molecule has 0 unspecified atom stereocenters. The highest BCUT2D eigenvalue weighted by Crippen LogP contribution is 2.29. The van der Waals surface area contributed by atoms with Gasteiger partial charge in [-0.05, 0) is 30.3 Å². The van der Waals surface area contributed by atoms with Gasteiger partial charge in [0.25, 0.3) is 15.9 Å². The number of amides is 1. The van der Waals surface area contributed by atoms with Gasteiger partial charge >= 0.3 is 5.97 Å². The Morgan fingerprint density at radius 1 is 1.20 bits per heavy atom. The molecule has 0 saturated heterocycles. The highest BCUT2D eigenvalue weighted by Gasteiger charge is 2.40. The minimum Gasteiger partial charge on any atom is -0.460 e. The maximum atomic E-state index is 13.0. The van der Waals surface area contributed by atoms with Gasteiger partial charge in [-0.1, -0.05) is 23.7 Å². The predicted octanol–water partition coefficient (Wildman–Crippen LogP) is 2.48. The third-order valence-electron chi connectivity index (χ3n) is 3.59. The number of nitrogens with zero attached hydrogens (tertiary/aromatic N) is 1. The molecule has 25 heavy (non-hydrogen) atoms. The number of benzene rings is 2. The van der Waals surface area contributed by atoms with Gasteiger partial charge in [0, 0.05) is 0 Å². The lowest BCUT2D eigenvalue weighted by Gasteiger charge is -2.15. The first-order chi connectivity index (χ1) is 11.8. The van der Waals surface area contributed by atoms with Crippen molar-refractivity contribution in [3.05, 3.63) is 64.4 Å². The molecule has 1 aliphatic heterocycles. The molecule has 9 heteroatoms. The molecule has 130 valence electrons. The molecule has 2 aromatic carbocycles. The topological polar surface area (TPSA) is 80.8 Å². The molecule has 6 nitrogen and oxygen atoms in total. The fraction of sp³-hybridized carbons (Fsp3) is 0.125. The molecule has 3 rings (SSSR count). The summed E-state index contributed by atoms with van der Waals surface area (Å²) in [4.78, 5) is 24.0. The largest absolute Gasteiger partial charge is 0.460 e. The fourth-order valence-corrected chi connectivity index (χ4v) is 4.20. The van der Waals surface area contributed by atoms with Gasteiger partial charge in [0.2, 0.25) is 0 Å². The second-order valence-electron chi connectivity index (χ2n) is 5.14. The summed E-state index contributed by atoms with van der Waals surface area (Å²) in [5.74, 6) is -2.12. The van der Waals surface area contributed by atoms with Crippen molar-refractivity contribution in [3.8, 4) is 0 Å². The van der Waals surface area contributed by atoms with E-state index >= 15 is 0 Å². The summed E-state index contributed by atoms with van der Waals surface area (Å²) in [5, 5.41) is -0.123. The minimum atomic E-state index is -3.96. The number of hydrogen-bond donors (Lipinski definition) is 0. The molecule has 1 amide bonds. The standard InChI is InChI=1S/C16H11ClFNO5S/c17-13-9-10(18)5-6-11(13)16(21)24-8-7-19-15(20)12-3-1-2-4-14(12)25(19,22)23/h1-6,9H,7-8H2. The van der Waals surface area contributed by atoms with Gasteiger partial charge in [-0.2, -0.15) is 0 Å². The number of fused-ring (bicyclic) bond motifs is 1. The summed E-state index contributed by atoms with van der Waals surface area (Å²) in [6.07, 6.45) is 0. The van der Waals surface area contributed by atoms with Crippen molar-refractivity contribution in [1.29, 1.82) is 0 Å². The summed E-state index contributed by atoms with van der Waals surface area (Å²) in [7, 11) is -3.96. The Morgan fingerprint density at radius 2 is 1.92 bits per heavy atom. The number of hydrogen-bond acceptors (Lipinski definition) is 5. The van der Waals surface area contributed by atoms with Crippen LogP contribution in [-0.2, 0) is 14.8 Å². The number of ether oxygens (including phenoxy) is 1. The summed E-state index contributed by atoms with van der Waals surface area (Å²) >= 11 is 5.76. The van der Waals surface area contributed by atoms with E-state index in [1.54, 1.807) is 6.07 Å². The lowest BCUT2D eigenvalue weighted by atomic mass is 10.2. The van der Waals surface area contributed by atoms with Crippen LogP contribution in [0, 0.1) is 5.82 Å². The Bertz CT molecular complexity index is 976. The molecule has 0 bridgehead atoms. The zero-order chi connectivity index (χ0) is 18.2. The first kappa shape index (κ1) is 17.4. The monoisotopic (exact) mass is 383 g/mol. The van der Waals surface area contributed by atoms with Crippen molar-refractivity contribution in [3.63, 3.8) is 0 Å². The quantitative estimate of drug-likeness (QED) is 0.758. The molecule has 0 saturated carbocycles. The number of sulfonamides is 1. The predicted molar refractivity (Wildman–Crippen MR) is 86.4 cm³/mol. The van der Waals surface area contributed by atoms with E-state index < -0.39 is 27.7 Å². The van der Waals surface area contributed by atoms with Crippen LogP contribution in [0.15, 0.2) is 47.4 Å². The Balaban J connectivity index is 1.69. The van der Waals surface area contributed by atoms with Gasteiger partial charge in [-0.25, -0.2) is 21.9 Å². The molecule has 1 aliphatic rings. The number of carbonyl (C=O) groups is 2. The average molecular weight is 384 g/mol. The SMILES string of the molecule is O=C(OCCN1C(=O)c2ccccc2S1(=O)=O)c1ccc(F)cc1Cl. The van der Waals surface area contributed by atoms with E-state index in [0.717, 1.165) is 18.2 Å². The van der Waals surface area contributed by atoms with Crippen LogP contribution in [0.25, 0.3) is 0 Å². The zero-order valence-electron chi connectivity index (χ0n) is 12.6. The van der Waals surface area contributed by atoms with Gasteiger partial charge in [-0.3, -0.25) is 4.79 Å². The Kier molecular flexibility index (Phi) is 4.49. The van der Waals surface area contributed by atoms with Crippen LogP contribution in [0.5, 0.6) is 0 Å². The van der Waals surface area contributed by atoms with Gasteiger partial charge in [-0.15, -0.1) is 0 Å². The van der Waals surface area contributed by atoms with E-state index in [0.29, 0.717) is 4.31 Å². The fourth-order valence-electron chi connectivity index (χ4n) is 2.41. The van der Waals surface area contributed by atoms with Gasteiger partial charge < -0.3 is 4.74 Å². The van der Waals surface area contributed by atoms with Crippen LogP contribution in [-0.4, -0.2) is 37.8 Å². The van der Waals surface area contributed by atoms with Crippen LogP contribution in [0.2, 0.25) is 5.02 Å². The molecule has 0 radical (unpaired) electrons. The lowest BCUT2D eigenvalue weighted by molar-refractivity contribution is 0.0478. The Labute approximate surface area is 147 Å². The van der Waals surface area contributed by atoms with E-state index in [1.165, 1.54) is 18.2 Å². The average Bonchev–Trinajstić information content (AvgIpc) is 2.76. The van der Waals surface area contributed by atoms with Gasteiger partial charge in [0.15, 0.2) is 0 Å². The smallest absolute Gasteiger partial charge is 0.339 e. The van der Waals surface area contributed by atoms with E-state index in [2.05, 4.69) is 0 Å². The number of rotatable bonds is 4. The Hall–Kier alpha value is -2.45. The molecule has 0 spiro atoms. The number of carbonyl (C=O) groups excluding carboxylic acids is 2. The van der Waals surface area contributed by atoms with Crippen molar-refractivity contribution < 1.29 is 27.1 Å². The van der Waals surface area contributed by atoms with Crippen molar-refractivity contribution in [2.24, 2.45) is 0 Å². The van der Waals surface area contributed by atoms with Gasteiger partial charge in [0.05, 0.1) is 22.7 Å². The normalized spacial score (nSPS) is 15.1. The van der Waals surface area contributed by atoms with Crippen molar-refractivity contribution in [2.45, 2.75) is 4.90 Å². The van der Waals surface area contributed by atoms with Crippen molar-refractivity contribution in [1.82, 2.24) is 4.31 Å². The molecular formula is C16H11ClFNO5S. The second kappa shape index (κ2) is 6.45. The van der Waals surface area contributed by atoms with Crippen LogP contribution in [0.4, 0.5) is 4.39 Å². The van der Waals surface area contributed by atoms with Crippen LogP contribution in [0.1, 0.15) is 20.7 Å². The number of esters is 1. The molecule has 1 heterocycles. The van der Waals surface area contributed by atoms with Crippen LogP contribution >= 0.6 is 11.6 Å². The van der Waals surface area contributed by atoms with Crippen LogP contribution in [0.3, 0.4) is 0 Å². The van der Waals surface area contributed by atoms with E-state index in [9.17, 15) is 22.4 Å². The lowest BCUT2D eigenvalue weighted by Crippen LogP contribution is -2.33. The number of halogens is 2. The summed E-state index contributed by atoms with van der Waals surface area (Å²) < 4.78 is 43.2. The molecule has 0 N–H and O–H groups in total. The maximum Gasteiger partial charge on any atom is 0.339 e. The molecule has 0 atom stereocenters. The Morgan fingerprint density at radius 3 is 2.60 bits per heavy atom. The summed E-state index contributed by atoms with van der Waals surface area (Å²) in [6, 6.07) is 9.01. The first-order valence-electron chi connectivity index (χ1n) is 7.10. The highest BCUT2D eigenvalue weighted by molar-refractivity contribution is 7.90. The third-order valence-corrected chi connectivity index (χ3v) is 5.74. The zero-order valence-corrected chi connectivity index (χ0v) is 14.2. The molecule has 2 aromatic rings. The summed E-state index contributed by atoms with van der Waals surface area (Å²) in [5.41, 5.74) is 0.0253. The third kappa shape index (κ3) is 3.10. The van der Waals surface area contributed by atoms with E-state index in [4.69, 9.17) is 16.3 Å². The maximum absolute atomic E-state index is 13.0.